The van der Waals surface area contributed by atoms with Crippen molar-refractivity contribution in [2.75, 3.05) is 0 Å². The highest BCUT2D eigenvalue weighted by Gasteiger charge is 2.12. The number of fused-ring (bicyclic) bond motifs is 1. The molecule has 18 heavy (non-hydrogen) atoms. The molecule has 0 aliphatic carbocycles. The van der Waals surface area contributed by atoms with Gasteiger partial charge in [-0.3, -0.25) is 0 Å². The van der Waals surface area contributed by atoms with E-state index < -0.39 is 0 Å². The van der Waals surface area contributed by atoms with Crippen molar-refractivity contribution in [3.05, 3.63) is 47.7 Å². The molecule has 3 N–H and O–H groups in total. The van der Waals surface area contributed by atoms with E-state index in [1.807, 2.05) is 31.3 Å². The minimum Gasteiger partial charge on any atom is -0.361 e. The molecule has 2 heterocycles. The molecule has 1 aromatic carbocycles. The second-order valence-corrected chi connectivity index (χ2v) is 4.37. The molecular weight excluding hydrogens is 228 g/mol. The lowest BCUT2D eigenvalue weighted by atomic mass is 10.1. The number of nitrogens with zero attached hydrogens (tertiary/aromatic N) is 2. The predicted octanol–water partition coefficient (Wildman–Crippen LogP) is 2.16. The van der Waals surface area contributed by atoms with Gasteiger partial charge >= 0.3 is 0 Å². The first-order chi connectivity index (χ1) is 8.74. The van der Waals surface area contributed by atoms with Gasteiger partial charge in [0.05, 0.1) is 6.04 Å². The normalized spacial score (nSPS) is 13.0. The lowest BCUT2D eigenvalue weighted by Crippen LogP contribution is -2.05. The first kappa shape index (κ1) is 11.0. The SMILES string of the molecule is CC(N)c1nc(Cc2c[nH]c3ccccc23)no1. The maximum Gasteiger partial charge on any atom is 0.243 e. The van der Waals surface area contributed by atoms with E-state index in [9.17, 15) is 0 Å². The summed E-state index contributed by atoms with van der Waals surface area (Å²) in [6.07, 6.45) is 2.62. The van der Waals surface area contributed by atoms with Crippen LogP contribution in [0.3, 0.4) is 0 Å². The summed E-state index contributed by atoms with van der Waals surface area (Å²) in [6.45, 7) is 1.82. The van der Waals surface area contributed by atoms with Gasteiger partial charge in [-0.2, -0.15) is 4.98 Å². The molecule has 5 nitrogen and oxygen atoms in total. The standard InChI is InChI=1S/C13H14N4O/c1-8(14)13-16-12(17-18-13)6-9-7-15-11-5-3-2-4-10(9)11/h2-5,7-8,15H,6,14H2,1H3. The van der Waals surface area contributed by atoms with Gasteiger partial charge in [-0.1, -0.05) is 23.4 Å². The molecule has 0 saturated carbocycles. The number of rotatable bonds is 3. The van der Waals surface area contributed by atoms with Gasteiger partial charge < -0.3 is 15.2 Å². The number of H-pyrrole nitrogens is 1. The molecule has 2 aromatic heterocycles. The van der Waals surface area contributed by atoms with E-state index in [4.69, 9.17) is 10.3 Å². The van der Waals surface area contributed by atoms with Crippen molar-refractivity contribution in [3.63, 3.8) is 0 Å². The molecule has 0 aliphatic heterocycles. The van der Waals surface area contributed by atoms with Crippen LogP contribution in [0.2, 0.25) is 0 Å². The second kappa shape index (κ2) is 4.27. The number of aromatic amines is 1. The zero-order chi connectivity index (χ0) is 12.5. The number of hydrogen-bond donors (Lipinski definition) is 2. The third kappa shape index (κ3) is 1.89. The smallest absolute Gasteiger partial charge is 0.243 e. The average molecular weight is 242 g/mol. The highest BCUT2D eigenvalue weighted by Crippen LogP contribution is 2.20. The van der Waals surface area contributed by atoms with Crippen molar-refractivity contribution in [2.45, 2.75) is 19.4 Å². The Balaban J connectivity index is 1.91. The van der Waals surface area contributed by atoms with Gasteiger partial charge in [0.15, 0.2) is 5.82 Å². The molecule has 0 aliphatic rings. The van der Waals surface area contributed by atoms with Crippen LogP contribution >= 0.6 is 0 Å². The largest absolute Gasteiger partial charge is 0.361 e. The molecular formula is C13H14N4O. The van der Waals surface area contributed by atoms with Crippen LogP contribution in [-0.2, 0) is 6.42 Å². The molecule has 0 saturated heterocycles. The van der Waals surface area contributed by atoms with Gasteiger partial charge in [0.2, 0.25) is 5.89 Å². The molecule has 1 atom stereocenters. The molecule has 0 spiro atoms. The molecule has 0 bridgehead atoms. The Kier molecular flexibility index (Phi) is 2.60. The lowest BCUT2D eigenvalue weighted by molar-refractivity contribution is 0.358. The summed E-state index contributed by atoms with van der Waals surface area (Å²) in [7, 11) is 0. The van der Waals surface area contributed by atoms with Crippen molar-refractivity contribution in [1.29, 1.82) is 0 Å². The monoisotopic (exact) mass is 242 g/mol. The van der Waals surface area contributed by atoms with Gasteiger partial charge in [0.25, 0.3) is 0 Å². The van der Waals surface area contributed by atoms with Crippen LogP contribution in [0.15, 0.2) is 35.0 Å². The maximum atomic E-state index is 5.69. The Morgan fingerprint density at radius 3 is 3.00 bits per heavy atom. The summed E-state index contributed by atoms with van der Waals surface area (Å²) in [5.41, 5.74) is 7.96. The van der Waals surface area contributed by atoms with Crippen LogP contribution in [0.1, 0.15) is 30.2 Å². The first-order valence-electron chi connectivity index (χ1n) is 5.87. The van der Waals surface area contributed by atoms with Crippen molar-refractivity contribution in [1.82, 2.24) is 15.1 Å². The van der Waals surface area contributed by atoms with Gasteiger partial charge in [-0.15, -0.1) is 0 Å². The van der Waals surface area contributed by atoms with Crippen molar-refractivity contribution >= 4 is 10.9 Å². The molecule has 3 rings (SSSR count). The Hall–Kier alpha value is -2.14. The number of nitrogens with two attached hydrogens (primary N) is 1. The van der Waals surface area contributed by atoms with Gasteiger partial charge in [0, 0.05) is 23.5 Å². The zero-order valence-electron chi connectivity index (χ0n) is 10.1. The van der Waals surface area contributed by atoms with E-state index >= 15 is 0 Å². The quantitative estimate of drug-likeness (QED) is 0.737. The van der Waals surface area contributed by atoms with Crippen LogP contribution < -0.4 is 5.73 Å². The highest BCUT2D eigenvalue weighted by atomic mass is 16.5. The first-order valence-corrected chi connectivity index (χ1v) is 5.87. The van der Waals surface area contributed by atoms with Crippen molar-refractivity contribution in [3.8, 4) is 0 Å². The third-order valence-electron chi connectivity index (χ3n) is 2.90. The third-order valence-corrected chi connectivity index (χ3v) is 2.90. The molecule has 5 heteroatoms. The molecule has 0 amide bonds. The van der Waals surface area contributed by atoms with Crippen LogP contribution in [0, 0.1) is 0 Å². The van der Waals surface area contributed by atoms with Crippen molar-refractivity contribution in [2.24, 2.45) is 5.73 Å². The fraction of sp³-hybridized carbons (Fsp3) is 0.231. The summed E-state index contributed by atoms with van der Waals surface area (Å²) in [5.74, 6) is 1.14. The van der Waals surface area contributed by atoms with E-state index in [-0.39, 0.29) is 6.04 Å². The minimum atomic E-state index is -0.228. The fourth-order valence-electron chi connectivity index (χ4n) is 1.97. The minimum absolute atomic E-state index is 0.228. The maximum absolute atomic E-state index is 5.69. The Morgan fingerprint density at radius 2 is 2.22 bits per heavy atom. The molecule has 92 valence electrons. The van der Waals surface area contributed by atoms with Crippen LogP contribution in [0.25, 0.3) is 10.9 Å². The molecule has 3 aromatic rings. The van der Waals surface area contributed by atoms with Crippen LogP contribution in [0.5, 0.6) is 0 Å². The number of nitrogens with one attached hydrogen (secondary N) is 1. The second-order valence-electron chi connectivity index (χ2n) is 4.37. The summed E-state index contributed by atoms with van der Waals surface area (Å²) in [6, 6.07) is 7.92. The Morgan fingerprint density at radius 1 is 1.39 bits per heavy atom. The van der Waals surface area contributed by atoms with Crippen LogP contribution in [-0.4, -0.2) is 15.1 Å². The summed E-state index contributed by atoms with van der Waals surface area (Å²) in [5, 5.41) is 5.12. The van der Waals surface area contributed by atoms with Crippen LogP contribution in [0.4, 0.5) is 0 Å². The van der Waals surface area contributed by atoms with Crippen molar-refractivity contribution < 1.29 is 4.52 Å². The topological polar surface area (TPSA) is 80.7 Å². The van der Waals surface area contributed by atoms with E-state index in [1.165, 1.54) is 5.39 Å². The predicted molar refractivity (Wildman–Crippen MR) is 68.0 cm³/mol. The number of para-hydroxylation sites is 1. The van der Waals surface area contributed by atoms with E-state index in [1.54, 1.807) is 0 Å². The molecule has 0 radical (unpaired) electrons. The molecule has 1 unspecified atom stereocenters. The van der Waals surface area contributed by atoms with Gasteiger partial charge in [0.1, 0.15) is 0 Å². The molecule has 0 fully saturated rings. The Bertz CT molecular complexity index is 668. The van der Waals surface area contributed by atoms with E-state index in [0.717, 1.165) is 11.1 Å². The average Bonchev–Trinajstić information content (AvgIpc) is 2.98. The van der Waals surface area contributed by atoms with Gasteiger partial charge in [-0.25, -0.2) is 0 Å². The highest BCUT2D eigenvalue weighted by molar-refractivity contribution is 5.83. The summed E-state index contributed by atoms with van der Waals surface area (Å²) >= 11 is 0. The fourth-order valence-corrected chi connectivity index (χ4v) is 1.97. The van der Waals surface area contributed by atoms with E-state index in [0.29, 0.717) is 18.1 Å². The number of hydrogen-bond acceptors (Lipinski definition) is 4. The van der Waals surface area contributed by atoms with Gasteiger partial charge in [-0.05, 0) is 18.6 Å². The number of aromatic nitrogens is 3. The summed E-state index contributed by atoms with van der Waals surface area (Å²) < 4.78 is 5.09. The Labute approximate surface area is 104 Å². The summed E-state index contributed by atoms with van der Waals surface area (Å²) in [4.78, 5) is 7.50. The number of benzene rings is 1. The lowest BCUT2D eigenvalue weighted by Gasteiger charge is -1.94. The zero-order valence-corrected chi connectivity index (χ0v) is 10.1. The van der Waals surface area contributed by atoms with E-state index in [2.05, 4.69) is 21.2 Å².